The minimum absolute atomic E-state index is 0.249. The second-order valence-electron chi connectivity index (χ2n) is 4.50. The van der Waals surface area contributed by atoms with Crippen molar-refractivity contribution < 1.29 is 14.6 Å². The lowest BCUT2D eigenvalue weighted by Crippen LogP contribution is -2.21. The molecule has 0 saturated heterocycles. The molecule has 0 atom stereocenters. The first kappa shape index (κ1) is 14.9. The zero-order valence-corrected chi connectivity index (χ0v) is 11.7. The van der Waals surface area contributed by atoms with Crippen LogP contribution in [-0.4, -0.2) is 34.2 Å². The largest absolute Gasteiger partial charge is 0.492 e. The van der Waals surface area contributed by atoms with Crippen molar-refractivity contribution in [3.05, 3.63) is 53.6 Å². The van der Waals surface area contributed by atoms with Gasteiger partial charge in [0.2, 0.25) is 0 Å². The van der Waals surface area contributed by atoms with Gasteiger partial charge >= 0.3 is 5.97 Å². The number of aromatic nitrogens is 2. The second kappa shape index (κ2) is 7.35. The van der Waals surface area contributed by atoms with E-state index in [1.807, 2.05) is 6.92 Å². The number of aryl methyl sites for hydroxylation is 1. The van der Waals surface area contributed by atoms with Gasteiger partial charge in [-0.25, -0.2) is 4.79 Å². The maximum atomic E-state index is 10.7. The lowest BCUT2D eigenvalue weighted by Gasteiger charge is -2.07. The normalized spacial score (nSPS) is 10.3. The van der Waals surface area contributed by atoms with Gasteiger partial charge in [-0.05, 0) is 31.2 Å². The number of hydrogen-bond donors (Lipinski definition) is 2. The topological polar surface area (TPSA) is 84.3 Å². The average Bonchev–Trinajstić information content (AvgIpc) is 2.49. The zero-order chi connectivity index (χ0) is 15.1. The minimum Gasteiger partial charge on any atom is -0.492 e. The predicted octanol–water partition coefficient (Wildman–Crippen LogP) is 1.65. The molecule has 0 bridgehead atoms. The van der Waals surface area contributed by atoms with Crippen molar-refractivity contribution >= 4 is 5.97 Å². The van der Waals surface area contributed by atoms with Crippen LogP contribution in [0.25, 0.3) is 0 Å². The standard InChI is InChI=1S/C15H17N3O3/c1-11-8-18-13(10-17-11)9-16-6-7-21-14-4-2-12(3-5-14)15(19)20/h2-5,8,10,16H,6-7,9H2,1H3,(H,19,20). The average molecular weight is 287 g/mol. The fourth-order valence-corrected chi connectivity index (χ4v) is 1.66. The van der Waals surface area contributed by atoms with Crippen LogP contribution in [0, 0.1) is 6.92 Å². The molecule has 6 heteroatoms. The monoisotopic (exact) mass is 287 g/mol. The molecule has 2 N–H and O–H groups in total. The van der Waals surface area contributed by atoms with E-state index >= 15 is 0 Å². The lowest BCUT2D eigenvalue weighted by atomic mass is 10.2. The molecule has 0 spiro atoms. The van der Waals surface area contributed by atoms with Crippen LogP contribution in [0.5, 0.6) is 5.75 Å². The van der Waals surface area contributed by atoms with E-state index in [0.29, 0.717) is 25.4 Å². The van der Waals surface area contributed by atoms with Crippen LogP contribution >= 0.6 is 0 Å². The Morgan fingerprint density at radius 1 is 1.24 bits per heavy atom. The number of rotatable bonds is 7. The van der Waals surface area contributed by atoms with E-state index in [2.05, 4.69) is 15.3 Å². The molecule has 2 rings (SSSR count). The molecule has 110 valence electrons. The number of ether oxygens (including phenoxy) is 1. The number of benzene rings is 1. The number of carbonyl (C=O) groups is 1. The molecule has 6 nitrogen and oxygen atoms in total. The highest BCUT2D eigenvalue weighted by Crippen LogP contribution is 2.11. The van der Waals surface area contributed by atoms with E-state index in [-0.39, 0.29) is 5.56 Å². The van der Waals surface area contributed by atoms with Gasteiger partial charge in [0.1, 0.15) is 12.4 Å². The fourth-order valence-electron chi connectivity index (χ4n) is 1.66. The molecule has 1 aromatic heterocycles. The summed E-state index contributed by atoms with van der Waals surface area (Å²) in [6, 6.07) is 6.34. The number of carboxylic acid groups (broad SMARTS) is 1. The van der Waals surface area contributed by atoms with Gasteiger partial charge in [-0.3, -0.25) is 9.97 Å². The molecule has 0 aliphatic heterocycles. The molecule has 1 heterocycles. The summed E-state index contributed by atoms with van der Waals surface area (Å²) in [5.74, 6) is -0.292. The minimum atomic E-state index is -0.942. The molecule has 0 amide bonds. The molecule has 2 aromatic rings. The van der Waals surface area contributed by atoms with Crippen molar-refractivity contribution in [2.75, 3.05) is 13.2 Å². The van der Waals surface area contributed by atoms with Crippen molar-refractivity contribution in [2.24, 2.45) is 0 Å². The SMILES string of the molecule is Cc1cnc(CNCCOc2ccc(C(=O)O)cc2)cn1. The summed E-state index contributed by atoms with van der Waals surface area (Å²) >= 11 is 0. The van der Waals surface area contributed by atoms with E-state index in [0.717, 1.165) is 11.4 Å². The van der Waals surface area contributed by atoms with Gasteiger partial charge in [-0.1, -0.05) is 0 Å². The predicted molar refractivity (Wildman–Crippen MR) is 77.4 cm³/mol. The second-order valence-corrected chi connectivity index (χ2v) is 4.50. The smallest absolute Gasteiger partial charge is 0.335 e. The molecule has 21 heavy (non-hydrogen) atoms. The molecule has 0 radical (unpaired) electrons. The summed E-state index contributed by atoms with van der Waals surface area (Å²) in [5, 5.41) is 12.0. The number of nitrogens with zero attached hydrogens (tertiary/aromatic N) is 2. The van der Waals surface area contributed by atoms with Crippen LogP contribution in [0.15, 0.2) is 36.7 Å². The molecule has 0 aliphatic carbocycles. The zero-order valence-electron chi connectivity index (χ0n) is 11.7. The Balaban J connectivity index is 1.67. The molecular weight excluding hydrogens is 270 g/mol. The molecule has 1 aromatic carbocycles. The molecular formula is C15H17N3O3. The highest BCUT2D eigenvalue weighted by molar-refractivity contribution is 5.87. The van der Waals surface area contributed by atoms with Crippen molar-refractivity contribution in [3.8, 4) is 5.75 Å². The number of nitrogens with one attached hydrogen (secondary N) is 1. The molecule has 0 fully saturated rings. The quantitative estimate of drug-likeness (QED) is 0.753. The van der Waals surface area contributed by atoms with Crippen LogP contribution in [-0.2, 0) is 6.54 Å². The van der Waals surface area contributed by atoms with Crippen LogP contribution in [0.1, 0.15) is 21.7 Å². The number of hydrogen-bond acceptors (Lipinski definition) is 5. The highest BCUT2D eigenvalue weighted by atomic mass is 16.5. The van der Waals surface area contributed by atoms with Crippen molar-refractivity contribution in [1.82, 2.24) is 15.3 Å². The van der Waals surface area contributed by atoms with Crippen LogP contribution in [0.2, 0.25) is 0 Å². The third-order valence-electron chi connectivity index (χ3n) is 2.79. The Bertz CT molecular complexity index is 582. The van der Waals surface area contributed by atoms with Crippen molar-refractivity contribution in [2.45, 2.75) is 13.5 Å². The maximum absolute atomic E-state index is 10.7. The first-order valence-electron chi connectivity index (χ1n) is 6.59. The molecule has 0 unspecified atom stereocenters. The van der Waals surface area contributed by atoms with Gasteiger partial charge in [0, 0.05) is 25.5 Å². The highest BCUT2D eigenvalue weighted by Gasteiger charge is 2.02. The van der Waals surface area contributed by atoms with Gasteiger partial charge < -0.3 is 15.2 Å². The first-order chi connectivity index (χ1) is 10.1. The van der Waals surface area contributed by atoms with E-state index in [4.69, 9.17) is 9.84 Å². The Labute approximate surface area is 122 Å². The van der Waals surface area contributed by atoms with Crippen molar-refractivity contribution in [1.29, 1.82) is 0 Å². The first-order valence-corrected chi connectivity index (χ1v) is 6.59. The Morgan fingerprint density at radius 3 is 2.62 bits per heavy atom. The van der Waals surface area contributed by atoms with Crippen LogP contribution < -0.4 is 10.1 Å². The third-order valence-corrected chi connectivity index (χ3v) is 2.79. The summed E-state index contributed by atoms with van der Waals surface area (Å²) in [4.78, 5) is 19.1. The van der Waals surface area contributed by atoms with E-state index in [1.54, 1.807) is 24.5 Å². The van der Waals surface area contributed by atoms with Crippen molar-refractivity contribution in [3.63, 3.8) is 0 Å². The van der Waals surface area contributed by atoms with E-state index < -0.39 is 5.97 Å². The van der Waals surface area contributed by atoms with Gasteiger partial charge in [0.15, 0.2) is 0 Å². The summed E-state index contributed by atoms with van der Waals surface area (Å²) in [5.41, 5.74) is 2.02. The number of carboxylic acids is 1. The Morgan fingerprint density at radius 2 is 2.00 bits per heavy atom. The van der Waals surface area contributed by atoms with E-state index in [9.17, 15) is 4.79 Å². The fraction of sp³-hybridized carbons (Fsp3) is 0.267. The summed E-state index contributed by atoms with van der Waals surface area (Å²) in [6.07, 6.45) is 3.48. The van der Waals surface area contributed by atoms with Gasteiger partial charge in [-0.2, -0.15) is 0 Å². The summed E-state index contributed by atoms with van der Waals surface area (Å²) in [7, 11) is 0. The van der Waals surface area contributed by atoms with Gasteiger partial charge in [0.05, 0.1) is 17.0 Å². The lowest BCUT2D eigenvalue weighted by molar-refractivity contribution is 0.0697. The third kappa shape index (κ3) is 4.85. The summed E-state index contributed by atoms with van der Waals surface area (Å²) < 4.78 is 5.51. The van der Waals surface area contributed by atoms with Gasteiger partial charge in [0.25, 0.3) is 0 Å². The van der Waals surface area contributed by atoms with Crippen LogP contribution in [0.3, 0.4) is 0 Å². The maximum Gasteiger partial charge on any atom is 0.335 e. The van der Waals surface area contributed by atoms with Crippen LogP contribution in [0.4, 0.5) is 0 Å². The molecule has 0 aliphatic rings. The number of aromatic carboxylic acids is 1. The molecule has 0 saturated carbocycles. The van der Waals surface area contributed by atoms with Gasteiger partial charge in [-0.15, -0.1) is 0 Å². The Hall–Kier alpha value is -2.47. The Kier molecular flexibility index (Phi) is 5.22. The summed E-state index contributed by atoms with van der Waals surface area (Å²) in [6.45, 7) is 3.68. The van der Waals surface area contributed by atoms with E-state index in [1.165, 1.54) is 12.1 Å².